The largest absolute Gasteiger partial charge is 0.460 e. The third-order valence-electron chi connectivity index (χ3n) is 5.96. The number of nitrogens with one attached hydrogen (secondary N) is 1. The molecule has 2 amide bonds. The molecular weight excluding hydrogens is 464 g/mol. The van der Waals surface area contributed by atoms with E-state index in [2.05, 4.69) is 10.3 Å². The van der Waals surface area contributed by atoms with Gasteiger partial charge in [-0.15, -0.1) is 0 Å². The molecule has 1 fully saturated rings. The lowest BCUT2D eigenvalue weighted by Crippen LogP contribution is -2.55. The average Bonchev–Trinajstić information content (AvgIpc) is 3.35. The lowest BCUT2D eigenvalue weighted by atomic mass is 10.0. The highest BCUT2D eigenvalue weighted by atomic mass is 16.5. The molecule has 1 aromatic rings. The predicted octanol–water partition coefficient (Wildman–Crippen LogP) is -0.00180. The Kier molecular flexibility index (Phi) is 11.8. The van der Waals surface area contributed by atoms with Crippen LogP contribution in [0.4, 0.5) is 0 Å². The molecule has 11 nitrogen and oxygen atoms in total. The van der Waals surface area contributed by atoms with Gasteiger partial charge in [0.25, 0.3) is 5.78 Å². The molecule has 0 spiro atoms. The molecule has 1 aliphatic heterocycles. The summed E-state index contributed by atoms with van der Waals surface area (Å²) < 4.78 is 5.04. The minimum absolute atomic E-state index is 0.0900. The van der Waals surface area contributed by atoms with Gasteiger partial charge in [-0.3, -0.25) is 19.4 Å². The smallest absolute Gasteiger partial charge is 0.376 e. The van der Waals surface area contributed by atoms with Crippen LogP contribution in [0, 0.1) is 0 Å². The Hall–Kier alpha value is -3.47. The third kappa shape index (κ3) is 8.95. The summed E-state index contributed by atoms with van der Waals surface area (Å²) in [6.45, 7) is 2.68. The molecule has 1 saturated heterocycles. The molecule has 36 heavy (non-hydrogen) atoms. The first kappa shape index (κ1) is 28.8. The topological polar surface area (TPSA) is 183 Å². The zero-order valence-corrected chi connectivity index (χ0v) is 20.9. The molecule has 0 saturated carbocycles. The monoisotopic (exact) mass is 502 g/mol. The maximum Gasteiger partial charge on any atom is 0.376 e. The van der Waals surface area contributed by atoms with E-state index in [4.69, 9.17) is 21.9 Å². The number of ketones is 1. The van der Waals surface area contributed by atoms with Crippen molar-refractivity contribution in [2.45, 2.75) is 70.0 Å². The van der Waals surface area contributed by atoms with E-state index in [-0.39, 0.29) is 31.4 Å². The molecule has 1 aliphatic rings. The highest BCUT2D eigenvalue weighted by molar-refractivity contribution is 6.36. The van der Waals surface area contributed by atoms with E-state index in [0.29, 0.717) is 38.6 Å². The number of benzene rings is 1. The van der Waals surface area contributed by atoms with Gasteiger partial charge in [0.15, 0.2) is 5.96 Å². The lowest BCUT2D eigenvalue weighted by molar-refractivity contribution is -0.155. The summed E-state index contributed by atoms with van der Waals surface area (Å²) in [7, 11) is 0. The van der Waals surface area contributed by atoms with Crippen LogP contribution in [0.3, 0.4) is 0 Å². The summed E-state index contributed by atoms with van der Waals surface area (Å²) in [6.07, 6.45) is 3.33. The Morgan fingerprint density at radius 3 is 2.56 bits per heavy atom. The molecule has 0 unspecified atom stereocenters. The summed E-state index contributed by atoms with van der Waals surface area (Å²) in [4.78, 5) is 56.6. The number of guanidine groups is 1. The Labute approximate surface area is 211 Å². The molecule has 0 aromatic heterocycles. The van der Waals surface area contributed by atoms with Gasteiger partial charge in [-0.2, -0.15) is 0 Å². The van der Waals surface area contributed by atoms with Gasteiger partial charge in [0, 0.05) is 13.1 Å². The molecule has 0 aliphatic carbocycles. The Morgan fingerprint density at radius 1 is 1.17 bits per heavy atom. The Morgan fingerprint density at radius 2 is 1.89 bits per heavy atom. The van der Waals surface area contributed by atoms with Crippen molar-refractivity contribution in [1.82, 2.24) is 10.2 Å². The number of hydrogen-bond donors (Lipinski definition) is 4. The minimum Gasteiger partial charge on any atom is -0.460 e. The summed E-state index contributed by atoms with van der Waals surface area (Å²) in [5.41, 5.74) is 17.8. The van der Waals surface area contributed by atoms with Crippen LogP contribution in [0.1, 0.15) is 51.0 Å². The molecule has 0 bridgehead atoms. The van der Waals surface area contributed by atoms with Crippen LogP contribution in [0.5, 0.6) is 0 Å². The Bertz CT molecular complexity index is 919. The van der Waals surface area contributed by atoms with Crippen LogP contribution in [-0.4, -0.2) is 72.2 Å². The van der Waals surface area contributed by atoms with Crippen molar-refractivity contribution in [2.75, 3.05) is 19.7 Å². The third-order valence-corrected chi connectivity index (χ3v) is 5.96. The average molecular weight is 503 g/mol. The number of nitrogens with two attached hydrogens (primary N) is 3. The zero-order valence-electron chi connectivity index (χ0n) is 20.9. The van der Waals surface area contributed by atoms with Crippen LogP contribution in [0.25, 0.3) is 0 Å². The van der Waals surface area contributed by atoms with E-state index in [1.807, 2.05) is 37.3 Å². The van der Waals surface area contributed by atoms with Crippen LogP contribution < -0.4 is 22.5 Å². The van der Waals surface area contributed by atoms with E-state index in [1.54, 1.807) is 0 Å². The van der Waals surface area contributed by atoms with Crippen molar-refractivity contribution in [2.24, 2.45) is 22.2 Å². The first-order valence-electron chi connectivity index (χ1n) is 12.4. The fourth-order valence-electron chi connectivity index (χ4n) is 4.03. The maximum absolute atomic E-state index is 13.2. The minimum atomic E-state index is -1.11. The maximum atomic E-state index is 13.2. The summed E-state index contributed by atoms with van der Waals surface area (Å²) in [6, 6.07) is 6.71. The molecule has 1 heterocycles. The van der Waals surface area contributed by atoms with Gasteiger partial charge in [0.05, 0.1) is 18.7 Å². The number of hydrogen-bond acceptors (Lipinski definition) is 7. The first-order valence-corrected chi connectivity index (χ1v) is 12.4. The second-order valence-electron chi connectivity index (χ2n) is 8.85. The van der Waals surface area contributed by atoms with E-state index < -0.39 is 35.8 Å². The van der Waals surface area contributed by atoms with Gasteiger partial charge in [-0.1, -0.05) is 43.7 Å². The van der Waals surface area contributed by atoms with Crippen molar-refractivity contribution in [3.8, 4) is 0 Å². The van der Waals surface area contributed by atoms with Gasteiger partial charge >= 0.3 is 5.97 Å². The van der Waals surface area contributed by atoms with E-state index in [0.717, 1.165) is 12.0 Å². The number of esters is 1. The fraction of sp³-hybridized carbons (Fsp3) is 0.560. The molecule has 11 heteroatoms. The number of carbonyl (C=O) groups is 4. The van der Waals surface area contributed by atoms with Crippen LogP contribution >= 0.6 is 0 Å². The number of likely N-dealkylation sites (tertiary alicyclic amines) is 1. The number of nitrogens with zero attached hydrogens (tertiary/aromatic N) is 2. The highest BCUT2D eigenvalue weighted by Crippen LogP contribution is 2.20. The van der Waals surface area contributed by atoms with Crippen molar-refractivity contribution in [3.63, 3.8) is 0 Å². The number of ether oxygens (including phenoxy) is 1. The number of amides is 2. The molecule has 198 valence electrons. The van der Waals surface area contributed by atoms with Crippen LogP contribution in [-0.2, 0) is 30.3 Å². The van der Waals surface area contributed by atoms with Crippen molar-refractivity contribution in [1.29, 1.82) is 0 Å². The lowest BCUT2D eigenvalue weighted by Gasteiger charge is -2.28. The summed E-state index contributed by atoms with van der Waals surface area (Å²) >= 11 is 0. The molecule has 1 aromatic carbocycles. The van der Waals surface area contributed by atoms with Gasteiger partial charge in [-0.25, -0.2) is 4.79 Å². The quantitative estimate of drug-likeness (QED) is 0.0900. The van der Waals surface area contributed by atoms with Crippen molar-refractivity contribution in [3.05, 3.63) is 35.9 Å². The first-order chi connectivity index (χ1) is 17.2. The number of aliphatic imine (C=N–C) groups is 1. The van der Waals surface area contributed by atoms with Crippen LogP contribution in [0.2, 0.25) is 0 Å². The van der Waals surface area contributed by atoms with Crippen molar-refractivity contribution >= 4 is 29.5 Å². The molecule has 0 radical (unpaired) electrons. The normalized spacial score (nSPS) is 16.6. The molecule has 2 rings (SSSR count). The number of carbonyl (C=O) groups excluding carboxylic acids is 4. The second kappa shape index (κ2) is 14.8. The fourth-order valence-corrected chi connectivity index (χ4v) is 4.03. The standard InChI is InChI=1S/C25H38N6O5/c1-2-3-15-36-24(35)21(32)19(11-7-13-29-25(27)28)30-22(33)20-12-8-14-31(20)23(34)18(26)16-17-9-5-4-6-10-17/h4-6,9-10,18-20H,2-3,7-8,11-16,26H2,1H3,(H,30,33)(H4,27,28,29)/t18-,19+,20+/m1/s1. The van der Waals surface area contributed by atoms with Gasteiger partial charge < -0.3 is 32.2 Å². The number of unbranched alkanes of at least 4 members (excludes halogenated alkanes) is 1. The van der Waals surface area contributed by atoms with Gasteiger partial charge in [0.1, 0.15) is 6.04 Å². The van der Waals surface area contributed by atoms with E-state index >= 15 is 0 Å². The molecule has 7 N–H and O–H groups in total. The zero-order chi connectivity index (χ0) is 26.5. The second-order valence-corrected chi connectivity index (χ2v) is 8.85. The SMILES string of the molecule is CCCCOC(=O)C(=O)[C@H](CCCN=C(N)N)NC(=O)[C@@H]1CCCN1C(=O)[C@H](N)Cc1ccccc1. The number of rotatable bonds is 14. The van der Waals surface area contributed by atoms with E-state index in [1.165, 1.54) is 4.90 Å². The predicted molar refractivity (Wildman–Crippen MR) is 136 cm³/mol. The van der Waals surface area contributed by atoms with Crippen LogP contribution in [0.15, 0.2) is 35.3 Å². The van der Waals surface area contributed by atoms with Crippen molar-refractivity contribution < 1.29 is 23.9 Å². The summed E-state index contributed by atoms with van der Waals surface area (Å²) in [5.74, 6) is -2.77. The Balaban J connectivity index is 2.05. The molecular formula is C25H38N6O5. The molecule has 3 atom stereocenters. The van der Waals surface area contributed by atoms with E-state index in [9.17, 15) is 19.2 Å². The van der Waals surface area contributed by atoms with Gasteiger partial charge in [-0.05, 0) is 44.1 Å². The number of Topliss-reactive ketones (excluding diaryl/α,β-unsaturated/α-hetero) is 1. The summed E-state index contributed by atoms with van der Waals surface area (Å²) in [5, 5.41) is 2.66. The highest BCUT2D eigenvalue weighted by Gasteiger charge is 2.38. The van der Waals surface area contributed by atoms with Gasteiger partial charge in [0.2, 0.25) is 11.8 Å².